The number of para-hydroxylation sites is 2. The standard InChI is InChI=1S/C47H23F12N3/c48-44(49,50)27-15-17-38-34(22-27)32-8-1-3-11-36(32)61(38)40-13-5-7-25(24-60)42(40)43-31(26-19-29(46(54,55)56)21-30(20-26)47(57,58)59)10-6-14-41(43)62-37-12-4-2-9-33(37)35-23-28(45(51,52)53)16-18-39(35)62/h1-23H. The van der Waals surface area contributed by atoms with Crippen LogP contribution < -0.4 is 0 Å². The van der Waals surface area contributed by atoms with Gasteiger partial charge < -0.3 is 9.13 Å². The lowest BCUT2D eigenvalue weighted by Gasteiger charge is -2.23. The average Bonchev–Trinajstić information content (AvgIpc) is 3.74. The second-order valence-electron chi connectivity index (χ2n) is 14.5. The Labute approximate surface area is 341 Å². The minimum Gasteiger partial charge on any atom is -0.309 e. The summed E-state index contributed by atoms with van der Waals surface area (Å²) in [5.41, 5.74) is -5.14. The van der Waals surface area contributed by atoms with Crippen molar-refractivity contribution in [1.29, 1.82) is 5.26 Å². The number of nitriles is 1. The van der Waals surface area contributed by atoms with Crippen LogP contribution in [-0.2, 0) is 24.7 Å². The van der Waals surface area contributed by atoms with Gasteiger partial charge in [-0.15, -0.1) is 0 Å². The van der Waals surface area contributed by atoms with Crippen molar-refractivity contribution in [3.63, 3.8) is 0 Å². The number of halogens is 12. The molecular weight excluding hydrogens is 835 g/mol. The molecule has 0 atom stereocenters. The summed E-state index contributed by atoms with van der Waals surface area (Å²) in [4.78, 5) is 0. The Bertz CT molecular complexity index is 3290. The number of nitrogens with zero attached hydrogens (tertiary/aromatic N) is 3. The monoisotopic (exact) mass is 857 g/mol. The molecule has 0 amide bonds. The normalized spacial score (nSPS) is 12.8. The van der Waals surface area contributed by atoms with Crippen molar-refractivity contribution in [3.8, 4) is 39.7 Å². The highest BCUT2D eigenvalue weighted by molar-refractivity contribution is 6.12. The second-order valence-corrected chi connectivity index (χ2v) is 14.5. The third kappa shape index (κ3) is 6.57. The van der Waals surface area contributed by atoms with E-state index in [1.807, 2.05) is 0 Å². The van der Waals surface area contributed by atoms with E-state index >= 15 is 0 Å². The summed E-state index contributed by atoms with van der Waals surface area (Å²) < 4.78 is 174. The van der Waals surface area contributed by atoms with Crippen LogP contribution in [0.4, 0.5) is 52.7 Å². The van der Waals surface area contributed by atoms with E-state index in [4.69, 9.17) is 0 Å². The average molecular weight is 858 g/mol. The predicted octanol–water partition coefficient (Wildman–Crippen LogP) is 15.2. The van der Waals surface area contributed by atoms with Crippen molar-refractivity contribution in [2.75, 3.05) is 0 Å². The van der Waals surface area contributed by atoms with Crippen LogP contribution in [0, 0.1) is 11.3 Å². The van der Waals surface area contributed by atoms with Gasteiger partial charge in [0, 0.05) is 32.7 Å². The van der Waals surface area contributed by atoms with E-state index in [-0.39, 0.29) is 61.5 Å². The zero-order valence-electron chi connectivity index (χ0n) is 31.2. The van der Waals surface area contributed by atoms with Crippen LogP contribution in [0.5, 0.6) is 0 Å². The Morgan fingerprint density at radius 3 is 1.24 bits per heavy atom. The van der Waals surface area contributed by atoms with Crippen LogP contribution in [0.25, 0.3) is 77.2 Å². The predicted molar refractivity (Wildman–Crippen MR) is 211 cm³/mol. The number of fused-ring (bicyclic) bond motifs is 6. The number of benzene rings is 7. The van der Waals surface area contributed by atoms with Gasteiger partial charge in [-0.05, 0) is 96.1 Å². The molecule has 0 bridgehead atoms. The molecule has 0 radical (unpaired) electrons. The molecule has 0 N–H and O–H groups in total. The van der Waals surface area contributed by atoms with E-state index in [0.717, 1.165) is 24.3 Å². The zero-order valence-corrected chi connectivity index (χ0v) is 31.2. The lowest BCUT2D eigenvalue weighted by atomic mass is 9.87. The molecule has 0 aliphatic carbocycles. The third-order valence-electron chi connectivity index (χ3n) is 10.8. The number of aromatic nitrogens is 2. The van der Waals surface area contributed by atoms with Gasteiger partial charge in [-0.25, -0.2) is 0 Å². The van der Waals surface area contributed by atoms with Crippen molar-refractivity contribution >= 4 is 43.6 Å². The molecule has 9 rings (SSSR count). The highest BCUT2D eigenvalue weighted by Crippen LogP contribution is 2.48. The lowest BCUT2D eigenvalue weighted by molar-refractivity contribution is -0.143. The Morgan fingerprint density at radius 1 is 0.371 bits per heavy atom. The maximum atomic E-state index is 14.4. The Balaban J connectivity index is 1.48. The molecule has 0 fully saturated rings. The van der Waals surface area contributed by atoms with Crippen LogP contribution in [0.2, 0.25) is 0 Å². The highest BCUT2D eigenvalue weighted by Gasteiger charge is 2.38. The Morgan fingerprint density at radius 2 is 0.790 bits per heavy atom. The van der Waals surface area contributed by atoms with E-state index in [2.05, 4.69) is 6.07 Å². The van der Waals surface area contributed by atoms with Gasteiger partial charge in [0.1, 0.15) is 0 Å². The fraction of sp³-hybridized carbons (Fsp3) is 0.0851. The fourth-order valence-corrected chi connectivity index (χ4v) is 8.24. The van der Waals surface area contributed by atoms with Gasteiger partial charge in [0.2, 0.25) is 0 Å². The maximum Gasteiger partial charge on any atom is 0.416 e. The zero-order chi connectivity index (χ0) is 44.1. The topological polar surface area (TPSA) is 33.6 Å². The van der Waals surface area contributed by atoms with Crippen LogP contribution in [-0.4, -0.2) is 9.13 Å². The molecule has 7 aromatic carbocycles. The molecule has 0 spiro atoms. The molecule has 3 nitrogen and oxygen atoms in total. The summed E-state index contributed by atoms with van der Waals surface area (Å²) in [6.45, 7) is 0. The molecule has 2 aromatic heterocycles. The summed E-state index contributed by atoms with van der Waals surface area (Å²) in [7, 11) is 0. The van der Waals surface area contributed by atoms with Crippen molar-refractivity contribution < 1.29 is 52.7 Å². The van der Waals surface area contributed by atoms with Crippen molar-refractivity contribution in [2.24, 2.45) is 0 Å². The fourth-order valence-electron chi connectivity index (χ4n) is 8.24. The number of hydrogen-bond donors (Lipinski definition) is 0. The molecule has 310 valence electrons. The summed E-state index contributed by atoms with van der Waals surface area (Å²) in [6, 6.07) is 30.3. The molecule has 62 heavy (non-hydrogen) atoms. The summed E-state index contributed by atoms with van der Waals surface area (Å²) in [5, 5.41) is 11.7. The van der Waals surface area contributed by atoms with E-state index in [9.17, 15) is 57.9 Å². The number of alkyl halides is 12. The second kappa shape index (κ2) is 13.9. The van der Waals surface area contributed by atoms with Crippen LogP contribution in [0.3, 0.4) is 0 Å². The van der Waals surface area contributed by atoms with Crippen LogP contribution in [0.15, 0.2) is 140 Å². The lowest BCUT2D eigenvalue weighted by Crippen LogP contribution is -2.11. The number of hydrogen-bond acceptors (Lipinski definition) is 1. The molecule has 0 aliphatic rings. The van der Waals surface area contributed by atoms with Crippen LogP contribution in [0.1, 0.15) is 27.8 Å². The van der Waals surface area contributed by atoms with Gasteiger partial charge in [-0.2, -0.15) is 57.9 Å². The molecular formula is C47H23F12N3. The van der Waals surface area contributed by atoms with Crippen molar-refractivity contribution in [3.05, 3.63) is 167 Å². The molecule has 15 heteroatoms. The SMILES string of the molecule is N#Cc1cccc(-n2c3ccccc3c3cc(C(F)(F)F)ccc32)c1-c1c(-c2cc(C(F)(F)F)cc(C(F)(F)F)c2)cccc1-n1c2ccccc2c2cc(C(F)(F)F)ccc21. The van der Waals surface area contributed by atoms with Gasteiger partial charge in [-0.1, -0.05) is 54.6 Å². The van der Waals surface area contributed by atoms with Crippen molar-refractivity contribution in [1.82, 2.24) is 9.13 Å². The Kier molecular flexibility index (Phi) is 9.02. The van der Waals surface area contributed by atoms with E-state index < -0.39 is 52.5 Å². The van der Waals surface area contributed by atoms with E-state index in [0.29, 0.717) is 33.9 Å². The first-order valence-corrected chi connectivity index (χ1v) is 18.4. The first-order valence-electron chi connectivity index (χ1n) is 18.4. The minimum atomic E-state index is -5.26. The smallest absolute Gasteiger partial charge is 0.309 e. The van der Waals surface area contributed by atoms with Gasteiger partial charge in [0.25, 0.3) is 0 Å². The molecule has 0 saturated heterocycles. The van der Waals surface area contributed by atoms with Gasteiger partial charge >= 0.3 is 24.7 Å². The number of rotatable bonds is 4. The largest absolute Gasteiger partial charge is 0.416 e. The maximum absolute atomic E-state index is 14.4. The van der Waals surface area contributed by atoms with Crippen molar-refractivity contribution in [2.45, 2.75) is 24.7 Å². The summed E-state index contributed by atoms with van der Waals surface area (Å²) >= 11 is 0. The van der Waals surface area contributed by atoms with Gasteiger partial charge in [0.15, 0.2) is 0 Å². The quantitative estimate of drug-likeness (QED) is 0.162. The van der Waals surface area contributed by atoms with Gasteiger partial charge in [0.05, 0.1) is 67.3 Å². The first kappa shape index (κ1) is 40.2. The highest BCUT2D eigenvalue weighted by atomic mass is 19.4. The third-order valence-corrected chi connectivity index (χ3v) is 10.8. The molecule has 0 saturated carbocycles. The molecule has 2 heterocycles. The van der Waals surface area contributed by atoms with E-state index in [1.54, 1.807) is 53.1 Å². The minimum absolute atomic E-state index is 0.0276. The Hall–Kier alpha value is -7.21. The summed E-state index contributed by atoms with van der Waals surface area (Å²) in [5.74, 6) is 0. The van der Waals surface area contributed by atoms with Crippen LogP contribution >= 0.6 is 0 Å². The molecule has 9 aromatic rings. The first-order chi connectivity index (χ1) is 29.3. The van der Waals surface area contributed by atoms with Gasteiger partial charge in [-0.3, -0.25) is 0 Å². The molecule has 0 aliphatic heterocycles. The summed E-state index contributed by atoms with van der Waals surface area (Å²) in [6.07, 6.45) is -20.0. The molecule has 0 unspecified atom stereocenters. The van der Waals surface area contributed by atoms with E-state index in [1.165, 1.54) is 53.1 Å².